The van der Waals surface area contributed by atoms with Gasteiger partial charge in [0.15, 0.2) is 0 Å². The van der Waals surface area contributed by atoms with E-state index in [1.807, 2.05) is 0 Å². The molecule has 1 saturated heterocycles. The van der Waals surface area contributed by atoms with Gasteiger partial charge in [-0.25, -0.2) is 0 Å². The summed E-state index contributed by atoms with van der Waals surface area (Å²) in [4.78, 5) is 11.7. The van der Waals surface area contributed by atoms with E-state index in [2.05, 4.69) is 10.6 Å². The Labute approximate surface area is 109 Å². The molecule has 1 aliphatic carbocycles. The first-order valence-electron chi connectivity index (χ1n) is 6.45. The Morgan fingerprint density at radius 3 is 2.65 bits per heavy atom. The summed E-state index contributed by atoms with van der Waals surface area (Å²) in [6.45, 7) is 1.33. The SMILES string of the molecule is Cl.O=C(NCCC1CCCC1)C1CC(O)CN1. The summed E-state index contributed by atoms with van der Waals surface area (Å²) in [5.41, 5.74) is 0. The average molecular weight is 263 g/mol. The van der Waals surface area contributed by atoms with Crippen molar-refractivity contribution in [3.8, 4) is 0 Å². The highest BCUT2D eigenvalue weighted by atomic mass is 35.5. The van der Waals surface area contributed by atoms with E-state index in [0.29, 0.717) is 13.0 Å². The highest BCUT2D eigenvalue weighted by molar-refractivity contribution is 5.85. The zero-order chi connectivity index (χ0) is 11.4. The lowest BCUT2D eigenvalue weighted by Crippen LogP contribution is -2.41. The molecule has 2 unspecified atom stereocenters. The van der Waals surface area contributed by atoms with E-state index in [-0.39, 0.29) is 30.5 Å². The topological polar surface area (TPSA) is 61.4 Å². The Hall–Kier alpha value is -0.320. The van der Waals surface area contributed by atoms with Crippen molar-refractivity contribution in [2.75, 3.05) is 13.1 Å². The fourth-order valence-electron chi connectivity index (χ4n) is 2.74. The molecule has 2 atom stereocenters. The predicted molar refractivity (Wildman–Crippen MR) is 69.2 cm³/mol. The molecule has 5 heteroatoms. The van der Waals surface area contributed by atoms with E-state index in [0.717, 1.165) is 18.9 Å². The number of hydrogen-bond donors (Lipinski definition) is 3. The van der Waals surface area contributed by atoms with Gasteiger partial charge in [0.1, 0.15) is 0 Å². The van der Waals surface area contributed by atoms with E-state index in [4.69, 9.17) is 0 Å². The first-order chi connectivity index (χ1) is 7.75. The van der Waals surface area contributed by atoms with Crippen molar-refractivity contribution in [2.24, 2.45) is 5.92 Å². The highest BCUT2D eigenvalue weighted by Gasteiger charge is 2.27. The number of halogens is 1. The molecule has 1 aliphatic heterocycles. The molecule has 0 spiro atoms. The van der Waals surface area contributed by atoms with Gasteiger partial charge in [-0.05, 0) is 18.8 Å². The van der Waals surface area contributed by atoms with Crippen molar-refractivity contribution in [3.63, 3.8) is 0 Å². The molecule has 2 aliphatic rings. The van der Waals surface area contributed by atoms with Crippen LogP contribution in [-0.4, -0.2) is 36.2 Å². The van der Waals surface area contributed by atoms with Crippen molar-refractivity contribution in [1.82, 2.24) is 10.6 Å². The summed E-state index contributed by atoms with van der Waals surface area (Å²) < 4.78 is 0. The van der Waals surface area contributed by atoms with Gasteiger partial charge in [-0.1, -0.05) is 25.7 Å². The Bertz CT molecular complexity index is 245. The average Bonchev–Trinajstić information content (AvgIpc) is 2.89. The van der Waals surface area contributed by atoms with Crippen molar-refractivity contribution in [2.45, 2.75) is 50.7 Å². The van der Waals surface area contributed by atoms with Crippen molar-refractivity contribution in [3.05, 3.63) is 0 Å². The van der Waals surface area contributed by atoms with Gasteiger partial charge in [-0.3, -0.25) is 4.79 Å². The van der Waals surface area contributed by atoms with Gasteiger partial charge in [0.2, 0.25) is 5.91 Å². The number of carbonyl (C=O) groups is 1. The fourth-order valence-corrected chi connectivity index (χ4v) is 2.74. The van der Waals surface area contributed by atoms with Crippen LogP contribution in [0.4, 0.5) is 0 Å². The normalized spacial score (nSPS) is 29.0. The van der Waals surface area contributed by atoms with E-state index >= 15 is 0 Å². The first-order valence-corrected chi connectivity index (χ1v) is 6.45. The third-order valence-electron chi connectivity index (χ3n) is 3.75. The number of carbonyl (C=O) groups excluding carboxylic acids is 1. The second-order valence-corrected chi connectivity index (χ2v) is 5.08. The van der Waals surface area contributed by atoms with Gasteiger partial charge in [0, 0.05) is 13.1 Å². The molecule has 17 heavy (non-hydrogen) atoms. The zero-order valence-electron chi connectivity index (χ0n) is 10.2. The standard InChI is InChI=1S/C12H22N2O2.ClH/c15-10-7-11(14-8-10)12(16)13-6-5-9-3-1-2-4-9;/h9-11,14-15H,1-8H2,(H,13,16);1H. The molecule has 1 heterocycles. The van der Waals surface area contributed by atoms with Gasteiger partial charge in [-0.15, -0.1) is 12.4 Å². The van der Waals surface area contributed by atoms with Crippen LogP contribution >= 0.6 is 12.4 Å². The van der Waals surface area contributed by atoms with E-state index < -0.39 is 0 Å². The molecule has 1 amide bonds. The molecular formula is C12H23ClN2O2. The van der Waals surface area contributed by atoms with Crippen LogP contribution in [0.3, 0.4) is 0 Å². The van der Waals surface area contributed by atoms with Crippen LogP contribution < -0.4 is 10.6 Å². The van der Waals surface area contributed by atoms with Gasteiger partial charge in [0.05, 0.1) is 12.1 Å². The summed E-state index contributed by atoms with van der Waals surface area (Å²) in [6, 6.07) is -0.182. The Morgan fingerprint density at radius 2 is 2.06 bits per heavy atom. The lowest BCUT2D eigenvalue weighted by Gasteiger charge is -2.13. The minimum absolute atomic E-state index is 0. The second kappa shape index (κ2) is 7.19. The quantitative estimate of drug-likeness (QED) is 0.703. The zero-order valence-corrected chi connectivity index (χ0v) is 11.0. The van der Waals surface area contributed by atoms with Gasteiger partial charge in [-0.2, -0.15) is 0 Å². The molecule has 0 aromatic carbocycles. The maximum Gasteiger partial charge on any atom is 0.237 e. The molecule has 4 nitrogen and oxygen atoms in total. The van der Waals surface area contributed by atoms with Gasteiger partial charge < -0.3 is 15.7 Å². The summed E-state index contributed by atoms with van der Waals surface area (Å²) in [5, 5.41) is 15.3. The molecule has 0 radical (unpaired) electrons. The minimum Gasteiger partial charge on any atom is -0.392 e. The maximum absolute atomic E-state index is 11.7. The summed E-state index contributed by atoms with van der Waals surface area (Å²) >= 11 is 0. The smallest absolute Gasteiger partial charge is 0.237 e. The molecule has 3 N–H and O–H groups in total. The molecular weight excluding hydrogens is 240 g/mol. The lowest BCUT2D eigenvalue weighted by molar-refractivity contribution is -0.122. The molecule has 0 aromatic rings. The number of rotatable bonds is 4. The van der Waals surface area contributed by atoms with Crippen LogP contribution in [0.5, 0.6) is 0 Å². The third kappa shape index (κ3) is 4.45. The number of aliphatic hydroxyl groups is 1. The lowest BCUT2D eigenvalue weighted by atomic mass is 10.0. The number of hydrogen-bond acceptors (Lipinski definition) is 3. The number of amides is 1. The van der Waals surface area contributed by atoms with E-state index in [1.54, 1.807) is 0 Å². The van der Waals surface area contributed by atoms with Crippen LogP contribution in [0.1, 0.15) is 38.5 Å². The minimum atomic E-state index is -0.356. The summed E-state index contributed by atoms with van der Waals surface area (Å²) in [6.07, 6.45) is 6.68. The second-order valence-electron chi connectivity index (χ2n) is 5.08. The van der Waals surface area contributed by atoms with Crippen LogP contribution in [-0.2, 0) is 4.79 Å². The molecule has 1 saturated carbocycles. The van der Waals surface area contributed by atoms with Gasteiger partial charge >= 0.3 is 0 Å². The van der Waals surface area contributed by atoms with E-state index in [9.17, 15) is 9.90 Å². The van der Waals surface area contributed by atoms with E-state index in [1.165, 1.54) is 25.7 Å². The number of β-amino-alcohol motifs (C(OH)–C–C–N with tert-alkyl or cyclic N) is 1. The molecule has 0 aromatic heterocycles. The Kier molecular flexibility index (Phi) is 6.23. The molecule has 100 valence electrons. The molecule has 0 bridgehead atoms. The Morgan fingerprint density at radius 1 is 1.35 bits per heavy atom. The fraction of sp³-hybridized carbons (Fsp3) is 0.917. The number of nitrogens with one attached hydrogen (secondary N) is 2. The van der Waals surface area contributed by atoms with Crippen LogP contribution in [0.25, 0.3) is 0 Å². The first kappa shape index (κ1) is 14.7. The third-order valence-corrected chi connectivity index (χ3v) is 3.75. The Balaban J connectivity index is 0.00000144. The summed E-state index contributed by atoms with van der Waals surface area (Å²) in [7, 11) is 0. The van der Waals surface area contributed by atoms with Crippen molar-refractivity contribution < 1.29 is 9.90 Å². The summed E-state index contributed by atoms with van der Waals surface area (Å²) in [5.74, 6) is 0.872. The molecule has 2 fully saturated rings. The predicted octanol–water partition coefficient (Wildman–Crippen LogP) is 0.827. The van der Waals surface area contributed by atoms with Crippen LogP contribution in [0, 0.1) is 5.92 Å². The van der Waals surface area contributed by atoms with Crippen LogP contribution in [0.15, 0.2) is 0 Å². The van der Waals surface area contributed by atoms with Crippen LogP contribution in [0.2, 0.25) is 0 Å². The highest BCUT2D eigenvalue weighted by Crippen LogP contribution is 2.26. The largest absolute Gasteiger partial charge is 0.392 e. The van der Waals surface area contributed by atoms with Crippen molar-refractivity contribution >= 4 is 18.3 Å². The maximum atomic E-state index is 11.7. The monoisotopic (exact) mass is 262 g/mol. The molecule has 2 rings (SSSR count). The van der Waals surface area contributed by atoms with Gasteiger partial charge in [0.25, 0.3) is 0 Å². The number of aliphatic hydroxyl groups excluding tert-OH is 1. The van der Waals surface area contributed by atoms with Crippen molar-refractivity contribution in [1.29, 1.82) is 0 Å².